The number of benzene rings is 2. The highest BCUT2D eigenvalue weighted by molar-refractivity contribution is 6.02. The van der Waals surface area contributed by atoms with Crippen LogP contribution in [0.4, 0.5) is 10.1 Å². The van der Waals surface area contributed by atoms with Crippen LogP contribution in [-0.2, 0) is 16.0 Å². The number of amides is 2. The van der Waals surface area contributed by atoms with Gasteiger partial charge in [0, 0.05) is 12.2 Å². The van der Waals surface area contributed by atoms with E-state index in [4.69, 9.17) is 9.15 Å². The minimum atomic E-state index is -0.660. The van der Waals surface area contributed by atoms with Crippen LogP contribution >= 0.6 is 0 Å². The van der Waals surface area contributed by atoms with Crippen molar-refractivity contribution in [1.29, 1.82) is 0 Å². The number of rotatable bonds is 8. The summed E-state index contributed by atoms with van der Waals surface area (Å²) in [6.07, 6.45) is 1.93. The van der Waals surface area contributed by atoms with Crippen LogP contribution < -0.4 is 10.6 Å². The number of hydrogen-bond acceptors (Lipinski definition) is 5. The van der Waals surface area contributed by atoms with Gasteiger partial charge in [0.05, 0.1) is 11.8 Å². The van der Waals surface area contributed by atoms with Gasteiger partial charge in [0.25, 0.3) is 11.8 Å². The molecule has 2 aromatic carbocycles. The fraction of sp³-hybridized carbons (Fsp3) is 0.136. The molecule has 0 saturated heterocycles. The number of ether oxygens (including phenoxy) is 1. The Morgan fingerprint density at radius 1 is 0.967 bits per heavy atom. The zero-order valence-corrected chi connectivity index (χ0v) is 15.9. The summed E-state index contributed by atoms with van der Waals surface area (Å²) in [5.74, 6) is -1.65. The second-order valence-corrected chi connectivity index (χ2v) is 6.31. The van der Waals surface area contributed by atoms with E-state index in [0.29, 0.717) is 18.7 Å². The first-order valence-electron chi connectivity index (χ1n) is 9.14. The Kier molecular flexibility index (Phi) is 6.94. The summed E-state index contributed by atoms with van der Waals surface area (Å²) >= 11 is 0. The monoisotopic (exact) mass is 410 g/mol. The SMILES string of the molecule is O=C(COC(=O)c1ccc(NC(=O)c2ccco2)cc1)NCCc1ccc(F)cc1. The van der Waals surface area contributed by atoms with E-state index in [1.54, 1.807) is 30.3 Å². The molecule has 0 aliphatic carbocycles. The molecule has 3 aromatic rings. The summed E-state index contributed by atoms with van der Waals surface area (Å²) in [7, 11) is 0. The molecule has 0 unspecified atom stereocenters. The zero-order valence-electron chi connectivity index (χ0n) is 15.9. The first kappa shape index (κ1) is 20.8. The van der Waals surface area contributed by atoms with E-state index in [1.165, 1.54) is 36.6 Å². The number of anilines is 1. The number of hydrogen-bond donors (Lipinski definition) is 2. The molecule has 1 aromatic heterocycles. The molecule has 0 spiro atoms. The molecule has 0 aliphatic heterocycles. The van der Waals surface area contributed by atoms with Gasteiger partial charge in [0.1, 0.15) is 5.82 Å². The topological polar surface area (TPSA) is 97.6 Å². The zero-order chi connectivity index (χ0) is 21.3. The predicted octanol–water partition coefficient (Wildman–Crippen LogP) is 3.19. The lowest BCUT2D eigenvalue weighted by Gasteiger charge is -2.08. The molecule has 3 rings (SSSR count). The number of esters is 1. The molecule has 0 aliphatic rings. The van der Waals surface area contributed by atoms with Gasteiger partial charge in [-0.2, -0.15) is 0 Å². The summed E-state index contributed by atoms with van der Waals surface area (Å²) < 4.78 is 22.8. The van der Waals surface area contributed by atoms with E-state index in [0.717, 1.165) is 5.56 Å². The van der Waals surface area contributed by atoms with Crippen molar-refractivity contribution in [2.45, 2.75) is 6.42 Å². The van der Waals surface area contributed by atoms with Gasteiger partial charge < -0.3 is 19.8 Å². The standard InChI is InChI=1S/C22H19FN2O5/c23-17-7-3-15(4-8-17)11-12-24-20(26)14-30-22(28)16-5-9-18(10-6-16)25-21(27)19-2-1-13-29-19/h1-10,13H,11-12,14H2,(H,24,26)(H,25,27). The van der Waals surface area contributed by atoms with Gasteiger partial charge in [-0.1, -0.05) is 12.1 Å². The van der Waals surface area contributed by atoms with Gasteiger partial charge in [-0.15, -0.1) is 0 Å². The molecule has 7 nitrogen and oxygen atoms in total. The van der Waals surface area contributed by atoms with Crippen LogP contribution in [0.5, 0.6) is 0 Å². The molecular weight excluding hydrogens is 391 g/mol. The van der Waals surface area contributed by atoms with Gasteiger partial charge in [0.15, 0.2) is 12.4 Å². The molecular formula is C22H19FN2O5. The van der Waals surface area contributed by atoms with Crippen molar-refractivity contribution in [3.63, 3.8) is 0 Å². The minimum Gasteiger partial charge on any atom is -0.459 e. The molecule has 0 fully saturated rings. The summed E-state index contributed by atoms with van der Waals surface area (Å²) in [5, 5.41) is 5.26. The number of carbonyl (C=O) groups is 3. The fourth-order valence-electron chi connectivity index (χ4n) is 2.55. The summed E-state index contributed by atoms with van der Waals surface area (Å²) in [6, 6.07) is 15.2. The Morgan fingerprint density at radius 2 is 1.70 bits per heavy atom. The van der Waals surface area contributed by atoms with Crippen LogP contribution in [-0.4, -0.2) is 30.9 Å². The molecule has 0 bridgehead atoms. The lowest BCUT2D eigenvalue weighted by molar-refractivity contribution is -0.124. The average Bonchev–Trinajstić information content (AvgIpc) is 3.29. The highest BCUT2D eigenvalue weighted by Gasteiger charge is 2.12. The van der Waals surface area contributed by atoms with Crippen molar-refractivity contribution in [1.82, 2.24) is 5.32 Å². The molecule has 8 heteroatoms. The Balaban J connectivity index is 1.40. The molecule has 1 heterocycles. The second kappa shape index (κ2) is 10.0. The smallest absolute Gasteiger partial charge is 0.338 e. The largest absolute Gasteiger partial charge is 0.459 e. The minimum absolute atomic E-state index is 0.170. The van der Waals surface area contributed by atoms with Gasteiger partial charge in [0.2, 0.25) is 0 Å². The lowest BCUT2D eigenvalue weighted by Crippen LogP contribution is -2.30. The maximum Gasteiger partial charge on any atom is 0.338 e. The number of halogens is 1. The van der Waals surface area contributed by atoms with E-state index < -0.39 is 24.4 Å². The Labute approximate surface area is 171 Å². The number of furan rings is 1. The Morgan fingerprint density at radius 3 is 2.37 bits per heavy atom. The third-order valence-corrected chi connectivity index (χ3v) is 4.11. The van der Waals surface area contributed by atoms with E-state index in [-0.39, 0.29) is 17.1 Å². The van der Waals surface area contributed by atoms with Crippen molar-refractivity contribution >= 4 is 23.5 Å². The van der Waals surface area contributed by atoms with Crippen molar-refractivity contribution in [2.75, 3.05) is 18.5 Å². The van der Waals surface area contributed by atoms with E-state index >= 15 is 0 Å². The van der Waals surface area contributed by atoms with Crippen molar-refractivity contribution < 1.29 is 27.9 Å². The first-order chi connectivity index (χ1) is 14.5. The maximum atomic E-state index is 12.8. The molecule has 2 N–H and O–H groups in total. The van der Waals surface area contributed by atoms with Crippen molar-refractivity contribution in [3.8, 4) is 0 Å². The van der Waals surface area contributed by atoms with Crippen molar-refractivity contribution in [3.05, 3.63) is 89.6 Å². The summed E-state index contributed by atoms with van der Waals surface area (Å²) in [5.41, 5.74) is 1.60. The predicted molar refractivity (Wildman–Crippen MR) is 106 cm³/mol. The van der Waals surface area contributed by atoms with E-state index in [2.05, 4.69) is 10.6 Å². The molecule has 30 heavy (non-hydrogen) atoms. The van der Waals surface area contributed by atoms with Crippen molar-refractivity contribution in [2.24, 2.45) is 0 Å². The van der Waals surface area contributed by atoms with Gasteiger partial charge >= 0.3 is 5.97 Å². The highest BCUT2D eigenvalue weighted by atomic mass is 19.1. The van der Waals surface area contributed by atoms with Crippen LogP contribution in [0.25, 0.3) is 0 Å². The second-order valence-electron chi connectivity index (χ2n) is 6.31. The van der Waals surface area contributed by atoms with Gasteiger partial charge in [-0.25, -0.2) is 9.18 Å². The Bertz CT molecular complexity index is 999. The third-order valence-electron chi connectivity index (χ3n) is 4.11. The van der Waals surface area contributed by atoms with Crippen LogP contribution in [0.15, 0.2) is 71.3 Å². The maximum absolute atomic E-state index is 12.8. The molecule has 0 saturated carbocycles. The van der Waals surface area contributed by atoms with E-state index in [9.17, 15) is 18.8 Å². The van der Waals surface area contributed by atoms with Crippen LogP contribution in [0, 0.1) is 5.82 Å². The van der Waals surface area contributed by atoms with E-state index in [1.807, 2.05) is 0 Å². The first-order valence-corrected chi connectivity index (χ1v) is 9.14. The van der Waals surface area contributed by atoms with Gasteiger partial charge in [-0.3, -0.25) is 9.59 Å². The third kappa shape index (κ3) is 6.03. The molecule has 0 radical (unpaired) electrons. The van der Waals surface area contributed by atoms with Crippen LogP contribution in [0.2, 0.25) is 0 Å². The summed E-state index contributed by atoms with van der Waals surface area (Å²) in [4.78, 5) is 35.8. The number of nitrogens with one attached hydrogen (secondary N) is 2. The Hall–Kier alpha value is -3.94. The number of carbonyl (C=O) groups excluding carboxylic acids is 3. The normalized spacial score (nSPS) is 10.3. The van der Waals surface area contributed by atoms with Gasteiger partial charge in [-0.05, 0) is 60.5 Å². The lowest BCUT2D eigenvalue weighted by atomic mass is 10.1. The highest BCUT2D eigenvalue weighted by Crippen LogP contribution is 2.12. The molecule has 0 atom stereocenters. The van der Waals surface area contributed by atoms with Crippen LogP contribution in [0.3, 0.4) is 0 Å². The molecule has 154 valence electrons. The van der Waals surface area contributed by atoms with Crippen LogP contribution in [0.1, 0.15) is 26.5 Å². The fourth-order valence-corrected chi connectivity index (χ4v) is 2.55. The molecule has 2 amide bonds. The average molecular weight is 410 g/mol. The summed E-state index contributed by atoms with van der Waals surface area (Å²) in [6.45, 7) is -0.0781. The quantitative estimate of drug-likeness (QED) is 0.556.